The third-order valence-corrected chi connectivity index (χ3v) is 3.46. The van der Waals surface area contributed by atoms with Gasteiger partial charge >= 0.3 is 0 Å². The molecular weight excluding hydrogens is 272 g/mol. The van der Waals surface area contributed by atoms with Crippen LogP contribution in [0, 0.1) is 6.92 Å². The molecule has 0 saturated heterocycles. The van der Waals surface area contributed by atoms with E-state index in [2.05, 4.69) is 41.4 Å². The van der Waals surface area contributed by atoms with Crippen LogP contribution in [0.2, 0.25) is 0 Å². The van der Waals surface area contributed by atoms with E-state index >= 15 is 0 Å². The first-order chi connectivity index (χ1) is 9.76. The van der Waals surface area contributed by atoms with Crippen molar-refractivity contribution in [2.75, 3.05) is 26.3 Å². The summed E-state index contributed by atoms with van der Waals surface area (Å²) in [6.07, 6.45) is 4.18. The number of aliphatic imine (C=N–C) groups is 1. The molecule has 1 rings (SSSR count). The van der Waals surface area contributed by atoms with E-state index in [1.807, 2.05) is 6.20 Å². The Labute approximate surface area is 125 Å². The number of thiazole rings is 1. The number of guanidine groups is 1. The zero-order valence-corrected chi connectivity index (χ0v) is 13.6. The lowest BCUT2D eigenvalue weighted by Gasteiger charge is -2.11. The van der Waals surface area contributed by atoms with Crippen molar-refractivity contribution >= 4 is 17.3 Å². The topological polar surface area (TPSA) is 58.5 Å². The molecule has 2 N–H and O–H groups in total. The molecule has 0 aliphatic rings. The Bertz CT molecular complexity index is 392. The van der Waals surface area contributed by atoms with E-state index in [1.54, 1.807) is 11.3 Å². The Morgan fingerprint density at radius 3 is 2.85 bits per heavy atom. The van der Waals surface area contributed by atoms with E-state index in [-0.39, 0.29) is 0 Å². The van der Waals surface area contributed by atoms with Gasteiger partial charge in [-0.25, -0.2) is 9.98 Å². The second kappa shape index (κ2) is 10.6. The summed E-state index contributed by atoms with van der Waals surface area (Å²) in [5, 5.41) is 7.53. The summed E-state index contributed by atoms with van der Waals surface area (Å²) < 4.78 is 5.51. The van der Waals surface area contributed by atoms with Crippen LogP contribution in [-0.2, 0) is 11.3 Å². The molecule has 1 aromatic rings. The lowest BCUT2D eigenvalue weighted by molar-refractivity contribution is 0.136. The molecule has 5 nitrogen and oxygen atoms in total. The largest absolute Gasteiger partial charge is 0.380 e. The van der Waals surface area contributed by atoms with Crippen molar-refractivity contribution in [2.45, 2.75) is 40.2 Å². The number of ether oxygens (including phenoxy) is 1. The second-order valence-corrected chi connectivity index (χ2v) is 5.77. The van der Waals surface area contributed by atoms with Gasteiger partial charge in [0.2, 0.25) is 0 Å². The molecule has 0 amide bonds. The van der Waals surface area contributed by atoms with Gasteiger partial charge in [-0.05, 0) is 20.3 Å². The third-order valence-electron chi connectivity index (χ3n) is 2.57. The Morgan fingerprint density at radius 2 is 2.20 bits per heavy atom. The highest BCUT2D eigenvalue weighted by Crippen LogP contribution is 2.11. The van der Waals surface area contributed by atoms with Gasteiger partial charge in [-0.3, -0.25) is 0 Å². The number of aromatic nitrogens is 1. The minimum atomic E-state index is 0.616. The van der Waals surface area contributed by atoms with Crippen molar-refractivity contribution in [2.24, 2.45) is 4.99 Å². The first-order valence-electron chi connectivity index (χ1n) is 7.27. The fourth-order valence-electron chi connectivity index (χ4n) is 1.55. The second-order valence-electron chi connectivity index (χ2n) is 4.45. The molecule has 1 heterocycles. The van der Waals surface area contributed by atoms with Crippen LogP contribution in [0.5, 0.6) is 0 Å². The summed E-state index contributed by atoms with van der Waals surface area (Å²) >= 11 is 1.69. The number of rotatable bonds is 9. The molecule has 114 valence electrons. The average molecular weight is 298 g/mol. The first kappa shape index (κ1) is 16.9. The predicted molar refractivity (Wildman–Crippen MR) is 85.4 cm³/mol. The van der Waals surface area contributed by atoms with Gasteiger partial charge in [-0.15, -0.1) is 11.3 Å². The standard InChI is InChI=1S/C14H26N4OS/c1-4-6-8-19-9-7-16-14(15-5-2)18-11-13-17-10-12(3)20-13/h10H,4-9,11H2,1-3H3,(H2,15,16,18). The van der Waals surface area contributed by atoms with E-state index in [0.717, 1.165) is 37.1 Å². The zero-order valence-electron chi connectivity index (χ0n) is 12.7. The molecule has 0 spiro atoms. The molecule has 0 aromatic carbocycles. The van der Waals surface area contributed by atoms with Crippen LogP contribution in [-0.4, -0.2) is 37.2 Å². The minimum Gasteiger partial charge on any atom is -0.380 e. The zero-order chi connectivity index (χ0) is 14.6. The van der Waals surface area contributed by atoms with Crippen LogP contribution in [0.4, 0.5) is 0 Å². The molecule has 20 heavy (non-hydrogen) atoms. The van der Waals surface area contributed by atoms with Crippen molar-refractivity contribution in [1.82, 2.24) is 15.6 Å². The van der Waals surface area contributed by atoms with Crippen molar-refractivity contribution in [1.29, 1.82) is 0 Å². The van der Waals surface area contributed by atoms with E-state index in [9.17, 15) is 0 Å². The molecule has 0 unspecified atom stereocenters. The minimum absolute atomic E-state index is 0.616. The number of nitrogens with one attached hydrogen (secondary N) is 2. The fourth-order valence-corrected chi connectivity index (χ4v) is 2.26. The molecule has 0 fully saturated rings. The predicted octanol–water partition coefficient (Wildman–Crippen LogP) is 2.32. The van der Waals surface area contributed by atoms with Crippen molar-refractivity contribution in [3.8, 4) is 0 Å². The van der Waals surface area contributed by atoms with Crippen LogP contribution < -0.4 is 10.6 Å². The number of hydrogen-bond donors (Lipinski definition) is 2. The maximum Gasteiger partial charge on any atom is 0.191 e. The normalized spacial score (nSPS) is 11.7. The summed E-state index contributed by atoms with van der Waals surface area (Å²) in [7, 11) is 0. The summed E-state index contributed by atoms with van der Waals surface area (Å²) in [6.45, 7) is 10.1. The van der Waals surface area contributed by atoms with E-state index in [4.69, 9.17) is 4.74 Å². The molecule has 0 atom stereocenters. The SMILES string of the molecule is CCCCOCCNC(=NCc1ncc(C)s1)NCC. The maximum absolute atomic E-state index is 5.51. The van der Waals surface area contributed by atoms with Crippen molar-refractivity contribution < 1.29 is 4.74 Å². The van der Waals surface area contributed by atoms with Crippen molar-refractivity contribution in [3.05, 3.63) is 16.1 Å². The lowest BCUT2D eigenvalue weighted by Crippen LogP contribution is -2.39. The van der Waals surface area contributed by atoms with Gasteiger partial charge in [0, 0.05) is 30.8 Å². The van der Waals surface area contributed by atoms with Crippen molar-refractivity contribution in [3.63, 3.8) is 0 Å². The molecule has 6 heteroatoms. The summed E-state index contributed by atoms with van der Waals surface area (Å²) in [6, 6.07) is 0. The highest BCUT2D eigenvalue weighted by Gasteiger charge is 2.00. The lowest BCUT2D eigenvalue weighted by atomic mass is 10.4. The number of aryl methyl sites for hydroxylation is 1. The van der Waals surface area contributed by atoms with Crippen LogP contribution in [0.1, 0.15) is 36.6 Å². The highest BCUT2D eigenvalue weighted by atomic mass is 32.1. The van der Waals surface area contributed by atoms with Gasteiger partial charge in [0.1, 0.15) is 5.01 Å². The summed E-state index contributed by atoms with van der Waals surface area (Å²) in [4.78, 5) is 10.0. The Balaban J connectivity index is 2.28. The number of unbranched alkanes of at least 4 members (excludes halogenated alkanes) is 1. The molecule has 0 saturated carbocycles. The van der Waals surface area contributed by atoms with Crippen LogP contribution >= 0.6 is 11.3 Å². The Hall–Kier alpha value is -1.14. The van der Waals surface area contributed by atoms with Crippen LogP contribution in [0.15, 0.2) is 11.2 Å². The third kappa shape index (κ3) is 7.45. The molecular formula is C14H26N4OS. The first-order valence-corrected chi connectivity index (χ1v) is 8.09. The Morgan fingerprint density at radius 1 is 1.35 bits per heavy atom. The summed E-state index contributed by atoms with van der Waals surface area (Å²) in [5.74, 6) is 0.819. The van der Waals surface area contributed by atoms with Gasteiger partial charge in [0.15, 0.2) is 5.96 Å². The van der Waals surface area contributed by atoms with Gasteiger partial charge in [0.05, 0.1) is 13.2 Å². The van der Waals surface area contributed by atoms with Gasteiger partial charge in [-0.1, -0.05) is 13.3 Å². The molecule has 1 aromatic heterocycles. The number of nitrogens with zero attached hydrogens (tertiary/aromatic N) is 2. The van der Waals surface area contributed by atoms with Gasteiger partial charge in [0.25, 0.3) is 0 Å². The van der Waals surface area contributed by atoms with Gasteiger partial charge in [-0.2, -0.15) is 0 Å². The van der Waals surface area contributed by atoms with Gasteiger partial charge < -0.3 is 15.4 Å². The molecule has 0 radical (unpaired) electrons. The Kier molecular flexibility index (Phi) is 8.98. The maximum atomic E-state index is 5.51. The quantitative estimate of drug-likeness (QED) is 0.417. The average Bonchev–Trinajstić information content (AvgIpc) is 2.85. The highest BCUT2D eigenvalue weighted by molar-refractivity contribution is 7.11. The van der Waals surface area contributed by atoms with Crippen LogP contribution in [0.25, 0.3) is 0 Å². The van der Waals surface area contributed by atoms with E-state index < -0.39 is 0 Å². The smallest absolute Gasteiger partial charge is 0.191 e. The summed E-state index contributed by atoms with van der Waals surface area (Å²) in [5.41, 5.74) is 0. The van der Waals surface area contributed by atoms with Crippen LogP contribution in [0.3, 0.4) is 0 Å². The number of hydrogen-bond acceptors (Lipinski definition) is 4. The molecule has 0 aliphatic carbocycles. The fraction of sp³-hybridized carbons (Fsp3) is 0.714. The van der Waals surface area contributed by atoms with E-state index in [0.29, 0.717) is 13.2 Å². The van der Waals surface area contributed by atoms with E-state index in [1.165, 1.54) is 11.3 Å². The molecule has 0 bridgehead atoms. The molecule has 0 aliphatic heterocycles. The monoisotopic (exact) mass is 298 g/mol.